The second kappa shape index (κ2) is 2.51. The molecule has 1 aliphatic heterocycles. The standard InChI is InChI=1S/C14H20O/c1-8-3-4-11-12(5-8)10-6-13(11)14(7-10)9(2)15-14/h3,9-13H,4-7H2,1-2H3/t9-,10-,11-,12-,13-,14+/m1/s1. The van der Waals surface area contributed by atoms with E-state index in [4.69, 9.17) is 4.74 Å². The van der Waals surface area contributed by atoms with Crippen molar-refractivity contribution < 1.29 is 4.74 Å². The van der Waals surface area contributed by atoms with Gasteiger partial charge >= 0.3 is 0 Å². The Kier molecular flexibility index (Phi) is 1.47. The van der Waals surface area contributed by atoms with Crippen LogP contribution in [0.3, 0.4) is 0 Å². The third kappa shape index (κ3) is 0.939. The Morgan fingerprint density at radius 3 is 2.93 bits per heavy atom. The molecule has 1 heterocycles. The fourth-order valence-corrected chi connectivity index (χ4v) is 5.03. The molecular formula is C14H20O. The molecule has 4 aliphatic rings. The minimum Gasteiger partial charge on any atom is -0.366 e. The number of fused-ring (bicyclic) bond motifs is 6. The van der Waals surface area contributed by atoms with Crippen molar-refractivity contribution >= 4 is 0 Å². The minimum absolute atomic E-state index is 0.366. The van der Waals surface area contributed by atoms with Crippen LogP contribution in [0.15, 0.2) is 11.6 Å². The summed E-state index contributed by atoms with van der Waals surface area (Å²) in [7, 11) is 0. The van der Waals surface area contributed by atoms with Gasteiger partial charge in [0.1, 0.15) is 0 Å². The maximum Gasteiger partial charge on any atom is 0.0979 e. The van der Waals surface area contributed by atoms with Gasteiger partial charge < -0.3 is 4.74 Å². The van der Waals surface area contributed by atoms with E-state index < -0.39 is 0 Å². The van der Waals surface area contributed by atoms with Gasteiger partial charge in [-0.3, -0.25) is 0 Å². The number of epoxide rings is 1. The van der Waals surface area contributed by atoms with E-state index in [9.17, 15) is 0 Å². The van der Waals surface area contributed by atoms with E-state index in [1.807, 2.05) is 0 Å². The molecule has 3 fully saturated rings. The summed E-state index contributed by atoms with van der Waals surface area (Å²) in [4.78, 5) is 0. The topological polar surface area (TPSA) is 12.5 Å². The van der Waals surface area contributed by atoms with Gasteiger partial charge in [-0.2, -0.15) is 0 Å². The molecular weight excluding hydrogens is 184 g/mol. The lowest BCUT2D eigenvalue weighted by Crippen LogP contribution is -2.36. The highest BCUT2D eigenvalue weighted by molar-refractivity contribution is 5.22. The van der Waals surface area contributed by atoms with E-state index >= 15 is 0 Å². The quantitative estimate of drug-likeness (QED) is 0.436. The molecule has 15 heavy (non-hydrogen) atoms. The molecule has 3 aliphatic carbocycles. The Morgan fingerprint density at radius 1 is 1.40 bits per heavy atom. The molecule has 0 N–H and O–H groups in total. The molecule has 1 spiro atoms. The van der Waals surface area contributed by atoms with Crippen molar-refractivity contribution in [1.82, 2.24) is 0 Å². The Balaban J connectivity index is 1.67. The predicted octanol–water partition coefficient (Wildman–Crippen LogP) is 3.16. The molecule has 82 valence electrons. The highest BCUT2D eigenvalue weighted by Gasteiger charge is 2.70. The third-order valence-corrected chi connectivity index (χ3v) is 5.76. The fourth-order valence-electron chi connectivity index (χ4n) is 5.03. The number of hydrogen-bond donors (Lipinski definition) is 0. The van der Waals surface area contributed by atoms with Crippen LogP contribution in [-0.4, -0.2) is 11.7 Å². The van der Waals surface area contributed by atoms with E-state index in [2.05, 4.69) is 19.9 Å². The second-order valence-corrected chi connectivity index (χ2v) is 6.34. The summed E-state index contributed by atoms with van der Waals surface area (Å²) >= 11 is 0. The van der Waals surface area contributed by atoms with Gasteiger partial charge in [0.15, 0.2) is 0 Å². The normalized spacial score (nSPS) is 60.7. The van der Waals surface area contributed by atoms with Crippen molar-refractivity contribution in [2.75, 3.05) is 0 Å². The molecule has 4 rings (SSSR count). The van der Waals surface area contributed by atoms with Crippen LogP contribution in [0.25, 0.3) is 0 Å². The fraction of sp³-hybridized carbons (Fsp3) is 0.857. The van der Waals surface area contributed by atoms with Gasteiger partial charge in [0.2, 0.25) is 0 Å². The van der Waals surface area contributed by atoms with Crippen molar-refractivity contribution in [1.29, 1.82) is 0 Å². The molecule has 6 atom stereocenters. The van der Waals surface area contributed by atoms with Crippen LogP contribution in [0, 0.1) is 23.7 Å². The Morgan fingerprint density at radius 2 is 2.20 bits per heavy atom. The highest BCUT2D eigenvalue weighted by atomic mass is 16.6. The predicted molar refractivity (Wildman–Crippen MR) is 59.5 cm³/mol. The lowest BCUT2D eigenvalue weighted by atomic mass is 9.67. The largest absolute Gasteiger partial charge is 0.366 e. The molecule has 0 aromatic rings. The van der Waals surface area contributed by atoms with E-state index in [1.54, 1.807) is 5.57 Å². The van der Waals surface area contributed by atoms with Crippen molar-refractivity contribution in [2.24, 2.45) is 23.7 Å². The Labute approximate surface area is 91.9 Å². The molecule has 0 aromatic carbocycles. The molecule has 0 radical (unpaired) electrons. The van der Waals surface area contributed by atoms with Crippen LogP contribution in [0.5, 0.6) is 0 Å². The summed E-state index contributed by atoms with van der Waals surface area (Å²) in [6, 6.07) is 0. The van der Waals surface area contributed by atoms with Gasteiger partial charge in [0.05, 0.1) is 11.7 Å². The molecule has 0 amide bonds. The van der Waals surface area contributed by atoms with Gasteiger partial charge in [-0.05, 0) is 63.2 Å². The van der Waals surface area contributed by atoms with Crippen molar-refractivity contribution in [2.45, 2.75) is 51.2 Å². The summed E-state index contributed by atoms with van der Waals surface area (Å²) in [5.41, 5.74) is 2.01. The summed E-state index contributed by atoms with van der Waals surface area (Å²) in [6.45, 7) is 4.59. The van der Waals surface area contributed by atoms with Crippen LogP contribution in [0.2, 0.25) is 0 Å². The van der Waals surface area contributed by atoms with Gasteiger partial charge in [0.25, 0.3) is 0 Å². The first kappa shape index (κ1) is 8.81. The zero-order valence-corrected chi connectivity index (χ0v) is 9.70. The maximum atomic E-state index is 5.95. The number of rotatable bonds is 0. The van der Waals surface area contributed by atoms with E-state index in [0.29, 0.717) is 11.7 Å². The van der Waals surface area contributed by atoms with Gasteiger partial charge in [-0.1, -0.05) is 11.6 Å². The Bertz CT molecular complexity index is 345. The molecule has 2 saturated carbocycles. The third-order valence-electron chi connectivity index (χ3n) is 5.76. The number of ether oxygens (including phenoxy) is 1. The van der Waals surface area contributed by atoms with Crippen molar-refractivity contribution in [3.63, 3.8) is 0 Å². The maximum absolute atomic E-state index is 5.95. The van der Waals surface area contributed by atoms with E-state index in [1.165, 1.54) is 25.7 Å². The first-order valence-electron chi connectivity index (χ1n) is 6.54. The first-order valence-corrected chi connectivity index (χ1v) is 6.54. The first-order chi connectivity index (χ1) is 7.21. The molecule has 0 unspecified atom stereocenters. The zero-order valence-electron chi connectivity index (χ0n) is 9.70. The summed E-state index contributed by atoms with van der Waals surface area (Å²) in [5.74, 6) is 3.89. The van der Waals surface area contributed by atoms with Crippen LogP contribution in [-0.2, 0) is 4.74 Å². The van der Waals surface area contributed by atoms with Gasteiger partial charge in [-0.15, -0.1) is 0 Å². The van der Waals surface area contributed by atoms with Crippen molar-refractivity contribution in [3.8, 4) is 0 Å². The SMILES string of the molecule is CC1=CC[C@@H]2[C@H](C1)[C@@H]1C[C@H]2[C@@]2(C1)O[C@@H]2C. The van der Waals surface area contributed by atoms with Crippen LogP contribution in [0.4, 0.5) is 0 Å². The average Bonchev–Trinajstić information content (AvgIpc) is 2.61. The molecule has 1 heteroatoms. The molecule has 1 saturated heterocycles. The van der Waals surface area contributed by atoms with Crippen LogP contribution < -0.4 is 0 Å². The number of hydrogen-bond acceptors (Lipinski definition) is 1. The highest BCUT2D eigenvalue weighted by Crippen LogP contribution is 2.68. The second-order valence-electron chi connectivity index (χ2n) is 6.34. The number of allylic oxidation sites excluding steroid dienone is 2. The zero-order chi connectivity index (χ0) is 10.2. The average molecular weight is 204 g/mol. The van der Waals surface area contributed by atoms with Gasteiger partial charge in [-0.25, -0.2) is 0 Å². The summed E-state index contributed by atoms with van der Waals surface area (Å²) in [5, 5.41) is 0. The summed E-state index contributed by atoms with van der Waals surface area (Å²) in [6.07, 6.45) is 8.64. The summed E-state index contributed by atoms with van der Waals surface area (Å²) < 4.78 is 5.95. The minimum atomic E-state index is 0.366. The molecule has 2 bridgehead atoms. The smallest absolute Gasteiger partial charge is 0.0979 e. The monoisotopic (exact) mass is 204 g/mol. The van der Waals surface area contributed by atoms with Gasteiger partial charge in [0, 0.05) is 0 Å². The lowest BCUT2D eigenvalue weighted by Gasteiger charge is -2.37. The van der Waals surface area contributed by atoms with Crippen LogP contribution >= 0.6 is 0 Å². The van der Waals surface area contributed by atoms with Crippen molar-refractivity contribution in [3.05, 3.63) is 11.6 Å². The molecule has 1 nitrogen and oxygen atoms in total. The lowest BCUT2D eigenvalue weighted by molar-refractivity contribution is 0.114. The van der Waals surface area contributed by atoms with E-state index in [-0.39, 0.29) is 0 Å². The Hall–Kier alpha value is -0.300. The van der Waals surface area contributed by atoms with Crippen LogP contribution in [0.1, 0.15) is 39.5 Å². The molecule has 0 aromatic heterocycles. The van der Waals surface area contributed by atoms with E-state index in [0.717, 1.165) is 23.7 Å².